The molecule has 1 N–H and O–H groups in total. The van der Waals surface area contributed by atoms with Gasteiger partial charge in [0.15, 0.2) is 5.78 Å². The Bertz CT molecular complexity index is 93.1. The molecule has 0 aromatic rings. The molecule has 0 aliphatic rings. The average Bonchev–Trinajstić information content (AvgIpc) is 1.64. The van der Waals surface area contributed by atoms with Crippen LogP contribution in [0.15, 0.2) is 0 Å². The van der Waals surface area contributed by atoms with Gasteiger partial charge in [0, 0.05) is 6.92 Å². The summed E-state index contributed by atoms with van der Waals surface area (Å²) in [5.41, 5.74) is 0. The summed E-state index contributed by atoms with van der Waals surface area (Å²) >= 11 is 0. The summed E-state index contributed by atoms with van der Waals surface area (Å²) in [7, 11) is 3.96. The van der Waals surface area contributed by atoms with E-state index in [4.69, 9.17) is 0 Å². The molecule has 0 saturated carbocycles. The summed E-state index contributed by atoms with van der Waals surface area (Å²) in [6.45, 7) is 3.55. The maximum absolute atomic E-state index is 10.6. The molecule has 0 amide bonds. The molecule has 0 radical (unpaired) electrons. The molecule has 0 spiro atoms. The second-order valence-electron chi connectivity index (χ2n) is 2.41. The number of quaternary nitrogens is 1. The zero-order valence-corrected chi connectivity index (χ0v) is 7.95. The highest BCUT2D eigenvalue weighted by Crippen LogP contribution is 1.72. The molecule has 0 bridgehead atoms. The minimum absolute atomic E-state index is 0. The van der Waals surface area contributed by atoms with Gasteiger partial charge in [0.05, 0.1) is 14.1 Å². The topological polar surface area (TPSA) is 21.5 Å². The number of hydrogen-bond donors (Lipinski definition) is 1. The first kappa shape index (κ1) is 11.9. The molecule has 1 atom stereocenters. The first-order valence-electron chi connectivity index (χ1n) is 2.86. The van der Waals surface area contributed by atoms with Crippen molar-refractivity contribution in [1.29, 1.82) is 0 Å². The van der Waals surface area contributed by atoms with Gasteiger partial charge in [0.25, 0.3) is 0 Å². The van der Waals surface area contributed by atoms with Crippen molar-refractivity contribution in [3.05, 3.63) is 0 Å². The van der Waals surface area contributed by atoms with E-state index in [1.807, 2.05) is 21.0 Å². The molecule has 0 aromatic carbocycles. The first-order chi connectivity index (χ1) is 3.55. The molecule has 9 heavy (non-hydrogen) atoms. The lowest BCUT2D eigenvalue weighted by atomic mass is 10.2. The summed E-state index contributed by atoms with van der Waals surface area (Å²) in [5, 5.41) is 0. The van der Waals surface area contributed by atoms with E-state index < -0.39 is 0 Å². The molecule has 3 heteroatoms. The third-order valence-electron chi connectivity index (χ3n) is 1.48. The van der Waals surface area contributed by atoms with Crippen LogP contribution in [0.4, 0.5) is 0 Å². The molecule has 0 aliphatic heterocycles. The third-order valence-corrected chi connectivity index (χ3v) is 1.48. The summed E-state index contributed by atoms with van der Waals surface area (Å²) < 4.78 is 0. The van der Waals surface area contributed by atoms with Crippen molar-refractivity contribution in [3.63, 3.8) is 0 Å². The number of carbonyl (C=O) groups is 1. The molecule has 0 heterocycles. The molecule has 0 saturated heterocycles. The van der Waals surface area contributed by atoms with Crippen LogP contribution >= 0.6 is 0 Å². The number of ketones is 1. The SMILES string of the molecule is CC(=O)C(C)[NH+](C)C.[Br-]. The van der Waals surface area contributed by atoms with E-state index in [1.54, 1.807) is 6.92 Å². The van der Waals surface area contributed by atoms with Gasteiger partial charge < -0.3 is 21.9 Å². The van der Waals surface area contributed by atoms with Crippen molar-refractivity contribution < 1.29 is 26.7 Å². The second kappa shape index (κ2) is 4.94. The van der Waals surface area contributed by atoms with Gasteiger partial charge in [0.1, 0.15) is 6.04 Å². The predicted octanol–water partition coefficient (Wildman–Crippen LogP) is -3.89. The summed E-state index contributed by atoms with van der Waals surface area (Å²) in [4.78, 5) is 11.8. The Morgan fingerprint density at radius 3 is 1.78 bits per heavy atom. The standard InChI is InChI=1S/C6H13NO.BrH/c1-5(6(2)8)7(3)4;/h5H,1-4H3;1H. The lowest BCUT2D eigenvalue weighted by Gasteiger charge is -2.12. The summed E-state index contributed by atoms with van der Waals surface area (Å²) in [6, 6.07) is 0.148. The van der Waals surface area contributed by atoms with E-state index >= 15 is 0 Å². The van der Waals surface area contributed by atoms with Gasteiger partial charge in [-0.1, -0.05) is 0 Å². The molecular weight excluding hydrogens is 182 g/mol. The number of hydrogen-bond acceptors (Lipinski definition) is 1. The van der Waals surface area contributed by atoms with Gasteiger partial charge in [-0.2, -0.15) is 0 Å². The molecule has 0 fully saturated rings. The van der Waals surface area contributed by atoms with Crippen LogP contribution in [-0.2, 0) is 4.79 Å². The number of nitrogens with one attached hydrogen (secondary N) is 1. The zero-order chi connectivity index (χ0) is 6.73. The second-order valence-corrected chi connectivity index (χ2v) is 2.41. The van der Waals surface area contributed by atoms with Crippen molar-refractivity contribution in [2.75, 3.05) is 14.1 Å². The summed E-state index contributed by atoms with van der Waals surface area (Å²) in [6.07, 6.45) is 0. The van der Waals surface area contributed by atoms with Crippen LogP contribution in [0, 0.1) is 0 Å². The van der Waals surface area contributed by atoms with Crippen LogP contribution in [0.2, 0.25) is 0 Å². The highest BCUT2D eigenvalue weighted by molar-refractivity contribution is 5.79. The van der Waals surface area contributed by atoms with Gasteiger partial charge in [-0.25, -0.2) is 0 Å². The van der Waals surface area contributed by atoms with E-state index in [0.29, 0.717) is 0 Å². The Balaban J connectivity index is 0. The normalized spacial score (nSPS) is 12.6. The van der Waals surface area contributed by atoms with Crippen LogP contribution in [-0.4, -0.2) is 25.9 Å². The number of halogens is 1. The number of likely N-dealkylation sites (N-methyl/N-ethyl adjacent to an activating group) is 1. The minimum Gasteiger partial charge on any atom is -1.00 e. The van der Waals surface area contributed by atoms with Crippen molar-refractivity contribution in [1.82, 2.24) is 0 Å². The van der Waals surface area contributed by atoms with Crippen LogP contribution < -0.4 is 21.9 Å². The fraction of sp³-hybridized carbons (Fsp3) is 0.833. The lowest BCUT2D eigenvalue weighted by Crippen LogP contribution is -3.10. The van der Waals surface area contributed by atoms with Crippen LogP contribution in [0.3, 0.4) is 0 Å². The Labute approximate surface area is 67.0 Å². The van der Waals surface area contributed by atoms with Crippen LogP contribution in [0.5, 0.6) is 0 Å². The van der Waals surface area contributed by atoms with Crippen molar-refractivity contribution in [3.8, 4) is 0 Å². The Morgan fingerprint density at radius 2 is 1.78 bits per heavy atom. The quantitative estimate of drug-likeness (QED) is 0.479. The van der Waals surface area contributed by atoms with Gasteiger partial charge in [0.2, 0.25) is 0 Å². The Morgan fingerprint density at radius 1 is 1.44 bits per heavy atom. The van der Waals surface area contributed by atoms with Gasteiger partial charge >= 0.3 is 0 Å². The van der Waals surface area contributed by atoms with Crippen molar-refractivity contribution in [2.24, 2.45) is 0 Å². The fourth-order valence-electron chi connectivity index (χ4n) is 0.407. The fourth-order valence-corrected chi connectivity index (χ4v) is 0.407. The molecular formula is C6H14BrNO. The highest BCUT2D eigenvalue weighted by atomic mass is 79.9. The number of rotatable bonds is 2. The third kappa shape index (κ3) is 4.60. The average molecular weight is 196 g/mol. The number of carbonyl (C=O) groups excluding carboxylic acids is 1. The molecule has 1 unspecified atom stereocenters. The smallest absolute Gasteiger partial charge is 0.186 e. The maximum Gasteiger partial charge on any atom is 0.186 e. The lowest BCUT2D eigenvalue weighted by molar-refractivity contribution is -0.873. The van der Waals surface area contributed by atoms with E-state index in [9.17, 15) is 4.79 Å². The monoisotopic (exact) mass is 195 g/mol. The maximum atomic E-state index is 10.6. The molecule has 0 aromatic heterocycles. The van der Waals surface area contributed by atoms with E-state index in [2.05, 4.69) is 0 Å². The molecule has 56 valence electrons. The largest absolute Gasteiger partial charge is 1.00 e. The van der Waals surface area contributed by atoms with E-state index in [-0.39, 0.29) is 28.8 Å². The van der Waals surface area contributed by atoms with Crippen molar-refractivity contribution in [2.45, 2.75) is 19.9 Å². The van der Waals surface area contributed by atoms with E-state index in [1.165, 1.54) is 4.90 Å². The molecule has 2 nitrogen and oxygen atoms in total. The summed E-state index contributed by atoms with van der Waals surface area (Å²) in [5.74, 6) is 0.255. The molecule has 0 rings (SSSR count). The van der Waals surface area contributed by atoms with Gasteiger partial charge in [-0.15, -0.1) is 0 Å². The zero-order valence-electron chi connectivity index (χ0n) is 6.36. The van der Waals surface area contributed by atoms with Crippen LogP contribution in [0.1, 0.15) is 13.8 Å². The van der Waals surface area contributed by atoms with Crippen molar-refractivity contribution >= 4 is 5.78 Å². The van der Waals surface area contributed by atoms with Gasteiger partial charge in [-0.05, 0) is 6.92 Å². The number of Topliss-reactive ketones (excluding diaryl/α,β-unsaturated/α-hetero) is 1. The van der Waals surface area contributed by atoms with Crippen LogP contribution in [0.25, 0.3) is 0 Å². The predicted molar refractivity (Wildman–Crippen MR) is 33.0 cm³/mol. The van der Waals surface area contributed by atoms with E-state index in [0.717, 1.165) is 0 Å². The highest BCUT2D eigenvalue weighted by Gasteiger charge is 2.11. The Kier molecular flexibility index (Phi) is 6.51. The Hall–Kier alpha value is 0.110. The van der Waals surface area contributed by atoms with Gasteiger partial charge in [-0.3, -0.25) is 4.79 Å². The molecule has 0 aliphatic carbocycles. The first-order valence-corrected chi connectivity index (χ1v) is 2.86. The minimum atomic E-state index is 0.